The number of piperazine rings is 1. The highest BCUT2D eigenvalue weighted by Gasteiger charge is 2.29. The van der Waals surface area contributed by atoms with Crippen molar-refractivity contribution in [1.82, 2.24) is 10.2 Å². The summed E-state index contributed by atoms with van der Waals surface area (Å²) in [5, 5.41) is 13.0. The average Bonchev–Trinajstić information content (AvgIpc) is 2.45. The lowest BCUT2D eigenvalue weighted by Gasteiger charge is -2.35. The fourth-order valence-corrected chi connectivity index (χ4v) is 2.69. The Morgan fingerprint density at radius 2 is 1.90 bits per heavy atom. The lowest BCUT2D eigenvalue weighted by atomic mass is 9.97. The molecule has 0 saturated carbocycles. The van der Waals surface area contributed by atoms with E-state index in [1.165, 1.54) is 0 Å². The maximum Gasteiger partial charge on any atom is 0.195 e. The molecule has 0 spiro atoms. The van der Waals surface area contributed by atoms with Crippen molar-refractivity contribution < 1.29 is 18.3 Å². The average molecular weight is 288 g/mol. The van der Waals surface area contributed by atoms with E-state index in [0.29, 0.717) is 25.6 Å². The quantitative estimate of drug-likeness (QED) is 0.836. The second-order valence-electron chi connectivity index (χ2n) is 5.01. The van der Waals surface area contributed by atoms with Crippen LogP contribution in [-0.4, -0.2) is 36.2 Å². The molecule has 3 nitrogen and oxygen atoms in total. The van der Waals surface area contributed by atoms with Crippen LogP contribution >= 0.6 is 0 Å². The number of phenolic OH excluding ortho intramolecular Hbond substituents is 1. The molecule has 0 aromatic heterocycles. The van der Waals surface area contributed by atoms with E-state index in [9.17, 15) is 18.3 Å². The Balaban J connectivity index is 2.40. The van der Waals surface area contributed by atoms with E-state index in [1.54, 1.807) is 0 Å². The van der Waals surface area contributed by atoms with Gasteiger partial charge in [0.2, 0.25) is 0 Å². The number of aromatic hydroxyl groups is 1. The summed E-state index contributed by atoms with van der Waals surface area (Å²) in [5.74, 6) is -4.67. The molecule has 1 fully saturated rings. The molecule has 0 unspecified atom stereocenters. The van der Waals surface area contributed by atoms with E-state index < -0.39 is 29.2 Å². The first-order valence-corrected chi connectivity index (χ1v) is 6.87. The largest absolute Gasteiger partial charge is 0.507 e. The number of benzene rings is 1. The summed E-state index contributed by atoms with van der Waals surface area (Å²) < 4.78 is 40.6. The van der Waals surface area contributed by atoms with Crippen LogP contribution in [-0.2, 0) is 0 Å². The smallest absolute Gasteiger partial charge is 0.195 e. The molecule has 1 aromatic rings. The maximum atomic E-state index is 14.0. The van der Waals surface area contributed by atoms with Gasteiger partial charge in [-0.2, -0.15) is 0 Å². The van der Waals surface area contributed by atoms with Gasteiger partial charge in [-0.15, -0.1) is 0 Å². The maximum absolute atomic E-state index is 14.0. The molecule has 20 heavy (non-hydrogen) atoms. The van der Waals surface area contributed by atoms with Crippen molar-refractivity contribution in [1.29, 1.82) is 0 Å². The van der Waals surface area contributed by atoms with Crippen LogP contribution in [0.25, 0.3) is 0 Å². The van der Waals surface area contributed by atoms with Crippen molar-refractivity contribution in [2.24, 2.45) is 0 Å². The van der Waals surface area contributed by atoms with E-state index in [-0.39, 0.29) is 5.56 Å². The van der Waals surface area contributed by atoms with Gasteiger partial charge in [0.15, 0.2) is 17.5 Å². The lowest BCUT2D eigenvalue weighted by Crippen LogP contribution is -2.45. The molecule has 0 amide bonds. The molecule has 1 atom stereocenters. The summed E-state index contributed by atoms with van der Waals surface area (Å²) in [4.78, 5) is 2.00. The van der Waals surface area contributed by atoms with Crippen molar-refractivity contribution in [3.8, 4) is 5.75 Å². The fourth-order valence-electron chi connectivity index (χ4n) is 2.69. The summed E-state index contributed by atoms with van der Waals surface area (Å²) in [7, 11) is 0. The van der Waals surface area contributed by atoms with Crippen molar-refractivity contribution in [2.75, 3.05) is 26.2 Å². The van der Waals surface area contributed by atoms with Gasteiger partial charge in [-0.3, -0.25) is 4.90 Å². The number of halogens is 3. The number of rotatable bonds is 4. The summed E-state index contributed by atoms with van der Waals surface area (Å²) >= 11 is 0. The number of hydrogen-bond acceptors (Lipinski definition) is 3. The zero-order chi connectivity index (χ0) is 14.7. The van der Waals surface area contributed by atoms with Crippen LogP contribution in [0.3, 0.4) is 0 Å². The standard InChI is InChI=1S/C14H19F3N2O/c1-2-3-10(19-6-4-18-5-7-19)12-11(20)8-9(15)13(16)14(12)17/h8,10,18,20H,2-7H2,1H3/t10-/m1/s1. The molecule has 112 valence electrons. The Kier molecular flexibility index (Phi) is 4.88. The minimum absolute atomic E-state index is 0.132. The zero-order valence-electron chi connectivity index (χ0n) is 11.4. The van der Waals surface area contributed by atoms with Crippen LogP contribution in [0.15, 0.2) is 6.07 Å². The summed E-state index contributed by atoms with van der Waals surface area (Å²) in [6.45, 7) is 4.81. The lowest BCUT2D eigenvalue weighted by molar-refractivity contribution is 0.157. The fraction of sp³-hybridized carbons (Fsp3) is 0.571. The third-order valence-corrected chi connectivity index (χ3v) is 3.67. The van der Waals surface area contributed by atoms with E-state index in [1.807, 2.05) is 11.8 Å². The van der Waals surface area contributed by atoms with E-state index in [4.69, 9.17) is 0 Å². The Hall–Kier alpha value is -1.27. The first kappa shape index (κ1) is 15.1. The topological polar surface area (TPSA) is 35.5 Å². The van der Waals surface area contributed by atoms with Gasteiger partial charge in [0.1, 0.15) is 5.75 Å². The molecule has 2 N–H and O–H groups in total. The number of hydrogen-bond donors (Lipinski definition) is 2. The van der Waals surface area contributed by atoms with Crippen molar-refractivity contribution in [3.63, 3.8) is 0 Å². The van der Waals surface area contributed by atoms with Gasteiger partial charge in [-0.1, -0.05) is 13.3 Å². The van der Waals surface area contributed by atoms with Crippen LogP contribution in [0, 0.1) is 17.5 Å². The molecule has 0 radical (unpaired) electrons. The monoisotopic (exact) mass is 288 g/mol. The highest BCUT2D eigenvalue weighted by atomic mass is 19.2. The predicted molar refractivity (Wildman–Crippen MR) is 70.1 cm³/mol. The SMILES string of the molecule is CCC[C@H](c1c(O)cc(F)c(F)c1F)N1CCNCC1. The Bertz CT molecular complexity index is 476. The van der Waals surface area contributed by atoms with Gasteiger partial charge in [0, 0.05) is 43.9 Å². The van der Waals surface area contributed by atoms with Gasteiger partial charge in [0.25, 0.3) is 0 Å². The highest BCUT2D eigenvalue weighted by Crippen LogP contribution is 2.36. The molecule has 0 bridgehead atoms. The normalized spacial score (nSPS) is 18.2. The van der Waals surface area contributed by atoms with Gasteiger partial charge < -0.3 is 10.4 Å². The number of nitrogens with zero attached hydrogens (tertiary/aromatic N) is 1. The zero-order valence-corrected chi connectivity index (χ0v) is 11.4. The van der Waals surface area contributed by atoms with Crippen molar-refractivity contribution in [3.05, 3.63) is 29.1 Å². The summed E-state index contributed by atoms with van der Waals surface area (Å²) in [6.07, 6.45) is 1.34. The van der Waals surface area contributed by atoms with Gasteiger partial charge in [-0.05, 0) is 6.42 Å². The highest BCUT2D eigenvalue weighted by molar-refractivity contribution is 5.37. The minimum atomic E-state index is -1.52. The minimum Gasteiger partial charge on any atom is -0.507 e. The Labute approximate surface area is 116 Å². The molecule has 1 aromatic carbocycles. The Morgan fingerprint density at radius 3 is 2.50 bits per heavy atom. The second kappa shape index (κ2) is 6.45. The van der Waals surface area contributed by atoms with Crippen LogP contribution in [0.1, 0.15) is 31.4 Å². The van der Waals surface area contributed by atoms with Crippen molar-refractivity contribution >= 4 is 0 Å². The number of phenols is 1. The third kappa shape index (κ3) is 2.91. The van der Waals surface area contributed by atoms with E-state index in [2.05, 4.69) is 5.32 Å². The van der Waals surface area contributed by atoms with E-state index in [0.717, 1.165) is 19.5 Å². The molecule has 1 aliphatic heterocycles. The van der Waals surface area contributed by atoms with Crippen LogP contribution in [0.5, 0.6) is 5.75 Å². The molecule has 1 aliphatic rings. The van der Waals surface area contributed by atoms with Crippen LogP contribution in [0.2, 0.25) is 0 Å². The molecular weight excluding hydrogens is 269 g/mol. The van der Waals surface area contributed by atoms with Crippen LogP contribution in [0.4, 0.5) is 13.2 Å². The predicted octanol–water partition coefficient (Wildman–Crippen LogP) is 2.56. The van der Waals surface area contributed by atoms with E-state index >= 15 is 0 Å². The third-order valence-electron chi connectivity index (χ3n) is 3.67. The molecule has 6 heteroatoms. The molecule has 1 heterocycles. The van der Waals surface area contributed by atoms with Gasteiger partial charge >= 0.3 is 0 Å². The molecule has 2 rings (SSSR count). The summed E-state index contributed by atoms with van der Waals surface area (Å²) in [6, 6.07) is 0.218. The summed E-state index contributed by atoms with van der Waals surface area (Å²) in [5.41, 5.74) is -0.132. The molecule has 1 saturated heterocycles. The second-order valence-corrected chi connectivity index (χ2v) is 5.01. The number of nitrogens with one attached hydrogen (secondary N) is 1. The Morgan fingerprint density at radius 1 is 1.25 bits per heavy atom. The first-order chi connectivity index (χ1) is 9.56. The van der Waals surface area contributed by atoms with Gasteiger partial charge in [-0.25, -0.2) is 13.2 Å². The first-order valence-electron chi connectivity index (χ1n) is 6.87. The molecule has 0 aliphatic carbocycles. The van der Waals surface area contributed by atoms with Crippen molar-refractivity contribution in [2.45, 2.75) is 25.8 Å². The van der Waals surface area contributed by atoms with Gasteiger partial charge in [0.05, 0.1) is 0 Å². The molecular formula is C14H19F3N2O. The van der Waals surface area contributed by atoms with Crippen LogP contribution < -0.4 is 5.32 Å².